The van der Waals surface area contributed by atoms with E-state index >= 15 is 0 Å². The molecule has 0 saturated heterocycles. The SMILES string of the molecule is Cc1ccc(NC(=O)c2cc(-c3cccc4ccccc34)n(-c3ccc(C)cc3)n2)cc1. The lowest BCUT2D eigenvalue weighted by Crippen LogP contribution is -2.13. The number of fused-ring (bicyclic) bond motifs is 1. The number of benzene rings is 4. The number of nitrogens with zero attached hydrogens (tertiary/aromatic N) is 2. The number of rotatable bonds is 4. The summed E-state index contributed by atoms with van der Waals surface area (Å²) >= 11 is 0. The van der Waals surface area contributed by atoms with Gasteiger partial charge in [-0.15, -0.1) is 0 Å². The molecule has 0 atom stereocenters. The fourth-order valence-corrected chi connectivity index (χ4v) is 3.85. The zero-order valence-corrected chi connectivity index (χ0v) is 18.0. The molecular formula is C28H23N3O. The van der Waals surface area contributed by atoms with Gasteiger partial charge >= 0.3 is 0 Å². The highest BCUT2D eigenvalue weighted by molar-refractivity contribution is 6.04. The van der Waals surface area contributed by atoms with Crippen LogP contribution in [0.1, 0.15) is 21.6 Å². The Morgan fingerprint density at radius 1 is 0.781 bits per heavy atom. The zero-order chi connectivity index (χ0) is 22.1. The highest BCUT2D eigenvalue weighted by Gasteiger charge is 2.18. The van der Waals surface area contributed by atoms with Gasteiger partial charge in [-0.2, -0.15) is 5.10 Å². The van der Waals surface area contributed by atoms with E-state index in [1.165, 1.54) is 5.56 Å². The Balaban J connectivity index is 1.63. The molecule has 1 N–H and O–H groups in total. The molecule has 5 aromatic rings. The number of amides is 1. The normalized spacial score (nSPS) is 10.9. The summed E-state index contributed by atoms with van der Waals surface area (Å²) in [5.41, 5.74) is 6.25. The van der Waals surface area contributed by atoms with E-state index in [4.69, 9.17) is 5.10 Å². The van der Waals surface area contributed by atoms with Crippen LogP contribution in [0.4, 0.5) is 5.69 Å². The second kappa shape index (κ2) is 8.16. The molecule has 1 amide bonds. The van der Waals surface area contributed by atoms with Crippen molar-refractivity contribution in [2.45, 2.75) is 13.8 Å². The number of aromatic nitrogens is 2. The first-order chi connectivity index (χ1) is 15.6. The van der Waals surface area contributed by atoms with E-state index in [-0.39, 0.29) is 5.91 Å². The summed E-state index contributed by atoms with van der Waals surface area (Å²) in [4.78, 5) is 13.1. The first-order valence-corrected chi connectivity index (χ1v) is 10.6. The minimum atomic E-state index is -0.235. The molecule has 4 nitrogen and oxygen atoms in total. The van der Waals surface area contributed by atoms with Crippen LogP contribution in [0.15, 0.2) is 97.1 Å². The second-order valence-corrected chi connectivity index (χ2v) is 8.01. The van der Waals surface area contributed by atoms with Crippen molar-refractivity contribution in [1.82, 2.24) is 9.78 Å². The van der Waals surface area contributed by atoms with E-state index in [1.54, 1.807) is 0 Å². The molecule has 0 radical (unpaired) electrons. The first kappa shape index (κ1) is 19.8. The molecule has 156 valence electrons. The molecule has 0 aliphatic carbocycles. The van der Waals surface area contributed by atoms with E-state index in [0.717, 1.165) is 39.0 Å². The summed E-state index contributed by atoms with van der Waals surface area (Å²) < 4.78 is 1.85. The molecule has 32 heavy (non-hydrogen) atoms. The van der Waals surface area contributed by atoms with Crippen molar-refractivity contribution >= 4 is 22.4 Å². The topological polar surface area (TPSA) is 46.9 Å². The predicted molar refractivity (Wildman–Crippen MR) is 130 cm³/mol. The Morgan fingerprint density at radius 3 is 2.19 bits per heavy atom. The Kier molecular flexibility index (Phi) is 5.04. The summed E-state index contributed by atoms with van der Waals surface area (Å²) in [7, 11) is 0. The summed E-state index contributed by atoms with van der Waals surface area (Å²) in [5.74, 6) is -0.235. The van der Waals surface area contributed by atoms with E-state index in [2.05, 4.69) is 48.6 Å². The van der Waals surface area contributed by atoms with Crippen LogP contribution in [0.3, 0.4) is 0 Å². The summed E-state index contributed by atoms with van der Waals surface area (Å²) in [6.07, 6.45) is 0. The van der Waals surface area contributed by atoms with Gasteiger partial charge in [-0.3, -0.25) is 4.79 Å². The molecule has 1 heterocycles. The average Bonchev–Trinajstić information content (AvgIpc) is 3.26. The average molecular weight is 418 g/mol. The van der Waals surface area contributed by atoms with Gasteiger partial charge in [0.25, 0.3) is 5.91 Å². The molecule has 0 fully saturated rings. The molecule has 0 aliphatic heterocycles. The first-order valence-electron chi connectivity index (χ1n) is 10.6. The standard InChI is InChI=1S/C28H23N3O/c1-19-10-14-22(15-11-19)29-28(32)26-18-27(31(30-26)23-16-12-20(2)13-17-23)25-9-5-7-21-6-3-4-8-24(21)25/h3-18H,1-2H3,(H,29,32). The Labute approximate surface area is 187 Å². The van der Waals surface area contributed by atoms with Gasteiger partial charge in [0, 0.05) is 11.3 Å². The van der Waals surface area contributed by atoms with E-state index in [1.807, 2.05) is 72.3 Å². The molecule has 0 unspecified atom stereocenters. The molecule has 1 aromatic heterocycles. The molecule has 0 bridgehead atoms. The number of aryl methyl sites for hydroxylation is 2. The van der Waals surface area contributed by atoms with Crippen LogP contribution in [-0.2, 0) is 0 Å². The minimum Gasteiger partial charge on any atom is -0.321 e. The monoisotopic (exact) mass is 417 g/mol. The van der Waals surface area contributed by atoms with Crippen LogP contribution < -0.4 is 5.32 Å². The number of carbonyl (C=O) groups excluding carboxylic acids is 1. The molecular weight excluding hydrogens is 394 g/mol. The largest absolute Gasteiger partial charge is 0.321 e. The van der Waals surface area contributed by atoms with E-state index < -0.39 is 0 Å². The van der Waals surface area contributed by atoms with Crippen LogP contribution in [0.5, 0.6) is 0 Å². The number of carbonyl (C=O) groups is 1. The van der Waals surface area contributed by atoms with Crippen molar-refractivity contribution < 1.29 is 4.79 Å². The lowest BCUT2D eigenvalue weighted by Gasteiger charge is -2.10. The highest BCUT2D eigenvalue weighted by Crippen LogP contribution is 2.31. The van der Waals surface area contributed by atoms with Crippen molar-refractivity contribution in [3.8, 4) is 16.9 Å². The Morgan fingerprint density at radius 2 is 1.44 bits per heavy atom. The fraction of sp³-hybridized carbons (Fsp3) is 0.0714. The quantitative estimate of drug-likeness (QED) is 0.360. The summed E-state index contributed by atoms with van der Waals surface area (Å²) in [6.45, 7) is 4.07. The molecule has 4 heteroatoms. The van der Waals surface area contributed by atoms with E-state index in [9.17, 15) is 4.79 Å². The van der Waals surface area contributed by atoms with Gasteiger partial charge in [-0.05, 0) is 55.0 Å². The third-order valence-corrected chi connectivity index (χ3v) is 5.60. The lowest BCUT2D eigenvalue weighted by atomic mass is 10.0. The maximum absolute atomic E-state index is 13.1. The maximum Gasteiger partial charge on any atom is 0.276 e. The van der Waals surface area contributed by atoms with Gasteiger partial charge in [-0.25, -0.2) is 4.68 Å². The third-order valence-electron chi connectivity index (χ3n) is 5.60. The Hall–Kier alpha value is -4.18. The van der Waals surface area contributed by atoms with Gasteiger partial charge in [-0.1, -0.05) is 77.9 Å². The second-order valence-electron chi connectivity index (χ2n) is 8.01. The number of hydrogen-bond donors (Lipinski definition) is 1. The molecule has 0 spiro atoms. The number of hydrogen-bond acceptors (Lipinski definition) is 2. The van der Waals surface area contributed by atoms with Crippen molar-refractivity contribution in [2.24, 2.45) is 0 Å². The zero-order valence-electron chi connectivity index (χ0n) is 18.0. The van der Waals surface area contributed by atoms with Crippen LogP contribution >= 0.6 is 0 Å². The van der Waals surface area contributed by atoms with Crippen LogP contribution in [0, 0.1) is 13.8 Å². The fourth-order valence-electron chi connectivity index (χ4n) is 3.85. The Bertz CT molecular complexity index is 1410. The van der Waals surface area contributed by atoms with Gasteiger partial charge in [0.1, 0.15) is 0 Å². The van der Waals surface area contributed by atoms with Crippen LogP contribution in [0.25, 0.3) is 27.7 Å². The van der Waals surface area contributed by atoms with Crippen LogP contribution in [0.2, 0.25) is 0 Å². The van der Waals surface area contributed by atoms with Gasteiger partial charge in [0.15, 0.2) is 5.69 Å². The van der Waals surface area contributed by atoms with Gasteiger partial charge in [0.05, 0.1) is 11.4 Å². The maximum atomic E-state index is 13.1. The summed E-state index contributed by atoms with van der Waals surface area (Å²) in [6, 6.07) is 32.2. The van der Waals surface area contributed by atoms with E-state index in [0.29, 0.717) is 5.69 Å². The molecule has 5 rings (SSSR count). The molecule has 0 aliphatic rings. The van der Waals surface area contributed by atoms with Crippen molar-refractivity contribution in [3.05, 3.63) is 114 Å². The number of nitrogens with one attached hydrogen (secondary N) is 1. The van der Waals surface area contributed by atoms with Crippen molar-refractivity contribution in [1.29, 1.82) is 0 Å². The minimum absolute atomic E-state index is 0.235. The lowest BCUT2D eigenvalue weighted by molar-refractivity contribution is 0.102. The third kappa shape index (κ3) is 3.79. The smallest absolute Gasteiger partial charge is 0.276 e. The molecule has 0 saturated carbocycles. The van der Waals surface area contributed by atoms with Gasteiger partial charge in [0.2, 0.25) is 0 Å². The van der Waals surface area contributed by atoms with Crippen molar-refractivity contribution in [2.75, 3.05) is 5.32 Å². The van der Waals surface area contributed by atoms with Crippen LogP contribution in [-0.4, -0.2) is 15.7 Å². The highest BCUT2D eigenvalue weighted by atomic mass is 16.1. The van der Waals surface area contributed by atoms with Gasteiger partial charge < -0.3 is 5.32 Å². The summed E-state index contributed by atoms with van der Waals surface area (Å²) in [5, 5.41) is 9.94. The predicted octanol–water partition coefficient (Wildman–Crippen LogP) is 6.56. The molecule has 4 aromatic carbocycles. The number of anilines is 1. The van der Waals surface area contributed by atoms with Crippen molar-refractivity contribution in [3.63, 3.8) is 0 Å².